The van der Waals surface area contributed by atoms with E-state index in [1.807, 2.05) is 25.3 Å². The minimum absolute atomic E-state index is 0.0211. The quantitative estimate of drug-likeness (QED) is 0.747. The Hall–Kier alpha value is -2.20. The molecule has 2 aliphatic rings. The third kappa shape index (κ3) is 3.03. The van der Waals surface area contributed by atoms with E-state index in [0.717, 1.165) is 25.8 Å². The van der Waals surface area contributed by atoms with Gasteiger partial charge in [0.25, 0.3) is 0 Å². The van der Waals surface area contributed by atoms with Crippen LogP contribution in [0.4, 0.5) is 0 Å². The molecule has 0 radical (unpaired) electrons. The van der Waals surface area contributed by atoms with Gasteiger partial charge in [0.05, 0.1) is 12.0 Å². The zero-order chi connectivity index (χ0) is 18.0. The second-order valence-electron chi connectivity index (χ2n) is 7.52. The van der Waals surface area contributed by atoms with Crippen LogP contribution < -0.4 is 0 Å². The maximum atomic E-state index is 13.1. The van der Waals surface area contributed by atoms with Crippen LogP contribution in [0.1, 0.15) is 37.3 Å². The molecule has 0 amide bonds. The summed E-state index contributed by atoms with van der Waals surface area (Å²) in [5.74, 6) is -0.0211. The van der Waals surface area contributed by atoms with Gasteiger partial charge in [-0.15, -0.1) is 0 Å². The van der Waals surface area contributed by atoms with Gasteiger partial charge in [-0.3, -0.25) is 14.7 Å². The number of aromatic nitrogens is 1. The number of esters is 1. The van der Waals surface area contributed by atoms with E-state index in [1.54, 1.807) is 6.20 Å². The second-order valence-corrected chi connectivity index (χ2v) is 7.52. The number of ether oxygens (including phenoxy) is 1. The number of carbonyl (C=O) groups is 1. The molecule has 2 saturated heterocycles. The van der Waals surface area contributed by atoms with Crippen LogP contribution in [0.25, 0.3) is 0 Å². The van der Waals surface area contributed by atoms with Crippen LogP contribution in [-0.2, 0) is 22.5 Å². The summed E-state index contributed by atoms with van der Waals surface area (Å²) in [5.41, 5.74) is 2.00. The van der Waals surface area contributed by atoms with Crippen LogP contribution in [0.2, 0.25) is 0 Å². The smallest absolute Gasteiger partial charge is 0.314 e. The highest BCUT2D eigenvalue weighted by Gasteiger charge is 2.60. The van der Waals surface area contributed by atoms with Crippen molar-refractivity contribution in [1.29, 1.82) is 0 Å². The van der Waals surface area contributed by atoms with Gasteiger partial charge in [-0.1, -0.05) is 36.4 Å². The zero-order valence-corrected chi connectivity index (χ0v) is 15.3. The van der Waals surface area contributed by atoms with Crippen molar-refractivity contribution in [1.82, 2.24) is 9.88 Å². The van der Waals surface area contributed by atoms with Gasteiger partial charge in [0.1, 0.15) is 0 Å². The minimum atomic E-state index is -0.428. The number of carbonyl (C=O) groups excluding carboxylic acids is 1. The van der Waals surface area contributed by atoms with Crippen molar-refractivity contribution in [3.8, 4) is 0 Å². The monoisotopic (exact) mass is 350 g/mol. The average Bonchev–Trinajstić information content (AvgIpc) is 3.18. The fourth-order valence-corrected chi connectivity index (χ4v) is 4.96. The summed E-state index contributed by atoms with van der Waals surface area (Å²) in [4.78, 5) is 19.9. The number of benzene rings is 1. The van der Waals surface area contributed by atoms with Gasteiger partial charge in [0, 0.05) is 31.0 Å². The highest BCUT2D eigenvalue weighted by Crippen LogP contribution is 2.52. The molecular formula is C22H26N2O2. The Bertz CT molecular complexity index is 749. The molecular weight excluding hydrogens is 324 g/mol. The van der Waals surface area contributed by atoms with E-state index in [9.17, 15) is 4.79 Å². The van der Waals surface area contributed by atoms with Gasteiger partial charge in [0.2, 0.25) is 0 Å². The van der Waals surface area contributed by atoms with Crippen molar-refractivity contribution in [2.24, 2.45) is 5.41 Å². The number of nitrogens with zero attached hydrogens (tertiary/aromatic N) is 2. The van der Waals surface area contributed by atoms with Gasteiger partial charge in [-0.05, 0) is 49.8 Å². The van der Waals surface area contributed by atoms with Crippen molar-refractivity contribution in [3.63, 3.8) is 0 Å². The number of fused-ring (bicyclic) bond motifs is 2. The molecule has 2 bridgehead atoms. The Morgan fingerprint density at radius 1 is 1.19 bits per heavy atom. The minimum Gasteiger partial charge on any atom is -0.466 e. The summed E-state index contributed by atoms with van der Waals surface area (Å²) < 4.78 is 5.57. The van der Waals surface area contributed by atoms with Crippen molar-refractivity contribution >= 4 is 5.97 Å². The third-order valence-corrected chi connectivity index (χ3v) is 6.01. The van der Waals surface area contributed by atoms with Crippen LogP contribution in [-0.4, -0.2) is 34.5 Å². The highest BCUT2D eigenvalue weighted by molar-refractivity contribution is 5.79. The van der Waals surface area contributed by atoms with Crippen LogP contribution in [0, 0.1) is 5.41 Å². The summed E-state index contributed by atoms with van der Waals surface area (Å²) >= 11 is 0. The predicted molar refractivity (Wildman–Crippen MR) is 100 cm³/mol. The fraction of sp³-hybridized carbons (Fsp3) is 0.455. The second kappa shape index (κ2) is 7.20. The molecule has 0 spiro atoms. The first kappa shape index (κ1) is 17.2. The lowest BCUT2D eigenvalue weighted by atomic mass is 9.70. The molecule has 2 fully saturated rings. The van der Waals surface area contributed by atoms with Crippen molar-refractivity contribution in [2.75, 3.05) is 6.61 Å². The van der Waals surface area contributed by atoms with Gasteiger partial charge < -0.3 is 4.74 Å². The standard InChI is InChI=1S/C22H26N2O2/c1-2-26-21(25)22(13-17-7-4-3-5-8-17)14-19-10-11-20(22)24(19)16-18-9-6-12-23-15-18/h3-9,12,15,19-20H,2,10-11,13-14,16H2,1H3/t19-,20+,22+/m0/s1. The molecule has 0 N–H and O–H groups in total. The van der Waals surface area contributed by atoms with Crippen LogP contribution in [0.3, 0.4) is 0 Å². The topological polar surface area (TPSA) is 42.4 Å². The number of hydrogen-bond acceptors (Lipinski definition) is 4. The summed E-state index contributed by atoms with van der Waals surface area (Å²) in [6.07, 6.45) is 7.63. The van der Waals surface area contributed by atoms with Crippen molar-refractivity contribution < 1.29 is 9.53 Å². The highest BCUT2D eigenvalue weighted by atomic mass is 16.5. The molecule has 0 aliphatic carbocycles. The van der Waals surface area contributed by atoms with Crippen LogP contribution in [0.15, 0.2) is 54.9 Å². The zero-order valence-electron chi connectivity index (χ0n) is 15.3. The van der Waals surface area contributed by atoms with Gasteiger partial charge >= 0.3 is 5.97 Å². The lowest BCUT2D eigenvalue weighted by Gasteiger charge is -2.35. The molecule has 4 rings (SSSR count). The number of pyridine rings is 1. The van der Waals surface area contributed by atoms with Crippen molar-refractivity contribution in [2.45, 2.75) is 51.2 Å². The van der Waals surface area contributed by atoms with E-state index in [2.05, 4.69) is 40.2 Å². The first-order chi connectivity index (χ1) is 12.7. The Labute approximate surface area is 155 Å². The summed E-state index contributed by atoms with van der Waals surface area (Å²) in [5, 5.41) is 0. The lowest BCUT2D eigenvalue weighted by Crippen LogP contribution is -2.46. The summed E-state index contributed by atoms with van der Waals surface area (Å²) in [6, 6.07) is 15.2. The molecule has 1 aromatic carbocycles. The Morgan fingerprint density at radius 3 is 2.73 bits per heavy atom. The molecule has 4 heteroatoms. The Morgan fingerprint density at radius 2 is 2.00 bits per heavy atom. The first-order valence-corrected chi connectivity index (χ1v) is 9.59. The molecule has 3 heterocycles. The number of hydrogen-bond donors (Lipinski definition) is 0. The van der Waals surface area contributed by atoms with Gasteiger partial charge in [-0.2, -0.15) is 0 Å². The summed E-state index contributed by atoms with van der Waals surface area (Å²) in [7, 11) is 0. The van der Waals surface area contributed by atoms with Gasteiger partial charge in [0.15, 0.2) is 0 Å². The Balaban J connectivity index is 1.63. The van der Waals surface area contributed by atoms with E-state index in [1.165, 1.54) is 17.5 Å². The molecule has 4 nitrogen and oxygen atoms in total. The molecule has 3 atom stereocenters. The van der Waals surface area contributed by atoms with E-state index < -0.39 is 5.41 Å². The largest absolute Gasteiger partial charge is 0.466 e. The number of rotatable bonds is 6. The van der Waals surface area contributed by atoms with Crippen LogP contribution >= 0.6 is 0 Å². The molecule has 26 heavy (non-hydrogen) atoms. The maximum absolute atomic E-state index is 13.1. The molecule has 0 saturated carbocycles. The molecule has 136 valence electrons. The molecule has 2 aliphatic heterocycles. The van der Waals surface area contributed by atoms with E-state index >= 15 is 0 Å². The summed E-state index contributed by atoms with van der Waals surface area (Å²) in [6.45, 7) is 3.20. The molecule has 0 unspecified atom stereocenters. The molecule has 1 aromatic heterocycles. The predicted octanol–water partition coefficient (Wildman–Crippen LogP) is 3.61. The fourth-order valence-electron chi connectivity index (χ4n) is 4.96. The van der Waals surface area contributed by atoms with Gasteiger partial charge in [-0.25, -0.2) is 0 Å². The van der Waals surface area contributed by atoms with E-state index in [0.29, 0.717) is 12.6 Å². The van der Waals surface area contributed by atoms with E-state index in [-0.39, 0.29) is 12.0 Å². The average molecular weight is 350 g/mol. The normalized spacial score (nSPS) is 27.6. The van der Waals surface area contributed by atoms with Crippen LogP contribution in [0.5, 0.6) is 0 Å². The van der Waals surface area contributed by atoms with E-state index in [4.69, 9.17) is 4.74 Å². The van der Waals surface area contributed by atoms with Crippen molar-refractivity contribution in [3.05, 3.63) is 66.0 Å². The first-order valence-electron chi connectivity index (χ1n) is 9.59. The Kier molecular flexibility index (Phi) is 4.77. The maximum Gasteiger partial charge on any atom is 0.314 e. The molecule has 2 aromatic rings. The third-order valence-electron chi connectivity index (χ3n) is 6.01. The lowest BCUT2D eigenvalue weighted by molar-refractivity contribution is -0.157. The SMILES string of the molecule is CCOC(=O)[C@]1(Cc2ccccc2)C[C@@H]2CC[C@H]1N2Cc1cccnc1.